The van der Waals surface area contributed by atoms with E-state index in [2.05, 4.69) is 26.3 Å². The molecule has 1 amide bonds. The van der Waals surface area contributed by atoms with Crippen LogP contribution in [0.5, 0.6) is 0 Å². The topological polar surface area (TPSA) is 85.2 Å². The van der Waals surface area contributed by atoms with Crippen molar-refractivity contribution in [3.05, 3.63) is 30.1 Å². The van der Waals surface area contributed by atoms with Crippen molar-refractivity contribution in [2.75, 3.05) is 38.2 Å². The van der Waals surface area contributed by atoms with Gasteiger partial charge in [-0.2, -0.15) is 5.26 Å². The van der Waals surface area contributed by atoms with Gasteiger partial charge in [-0.15, -0.1) is 0 Å². The van der Waals surface area contributed by atoms with Crippen LogP contribution in [0.15, 0.2) is 24.5 Å². The van der Waals surface area contributed by atoms with Crippen molar-refractivity contribution in [3.63, 3.8) is 0 Å². The first-order chi connectivity index (χ1) is 14.2. The molecule has 2 fully saturated rings. The molecule has 0 spiro atoms. The number of piperazine rings is 1. The van der Waals surface area contributed by atoms with E-state index in [9.17, 15) is 9.18 Å². The fourth-order valence-corrected chi connectivity index (χ4v) is 4.44. The van der Waals surface area contributed by atoms with Gasteiger partial charge in [-0.3, -0.25) is 9.69 Å². The van der Waals surface area contributed by atoms with Crippen LogP contribution >= 0.6 is 0 Å². The average molecular weight is 396 g/mol. The summed E-state index contributed by atoms with van der Waals surface area (Å²) in [6.45, 7) is 1.98. The number of amides is 1. The first-order valence-electron chi connectivity index (χ1n) is 10.2. The van der Waals surface area contributed by atoms with E-state index < -0.39 is 12.6 Å². The number of fused-ring (bicyclic) bond motifs is 1. The Morgan fingerprint density at radius 3 is 2.62 bits per heavy atom. The second-order valence-electron chi connectivity index (χ2n) is 7.77. The van der Waals surface area contributed by atoms with Gasteiger partial charge in [0, 0.05) is 43.6 Å². The molecule has 1 aromatic carbocycles. The molecule has 0 bridgehead atoms. The van der Waals surface area contributed by atoms with E-state index in [1.807, 2.05) is 12.1 Å². The molecule has 1 N–H and O–H groups in total. The van der Waals surface area contributed by atoms with Crippen molar-refractivity contribution >= 4 is 22.6 Å². The molecule has 1 saturated heterocycles. The lowest BCUT2D eigenvalue weighted by Crippen LogP contribution is -2.53. The van der Waals surface area contributed by atoms with Crippen molar-refractivity contribution in [2.45, 2.75) is 37.8 Å². The van der Waals surface area contributed by atoms with Crippen LogP contribution in [-0.2, 0) is 4.79 Å². The second kappa shape index (κ2) is 8.70. The molecule has 152 valence electrons. The molecule has 2 aromatic rings. The summed E-state index contributed by atoms with van der Waals surface area (Å²) in [5, 5.41) is 13.6. The summed E-state index contributed by atoms with van der Waals surface area (Å²) in [5.41, 5.74) is 1.43. The Morgan fingerprint density at radius 2 is 1.93 bits per heavy atom. The molecule has 1 aliphatic heterocycles. The lowest BCUT2D eigenvalue weighted by atomic mass is 9.89. The van der Waals surface area contributed by atoms with Crippen molar-refractivity contribution in [3.8, 4) is 6.07 Å². The highest BCUT2D eigenvalue weighted by Gasteiger charge is 2.29. The molecule has 7 nitrogen and oxygen atoms in total. The first kappa shape index (κ1) is 19.5. The van der Waals surface area contributed by atoms with Gasteiger partial charge in [0.1, 0.15) is 12.1 Å². The molecule has 1 aliphatic carbocycles. The maximum absolute atomic E-state index is 12.5. The van der Waals surface area contributed by atoms with Gasteiger partial charge in [0.25, 0.3) is 5.91 Å². The van der Waals surface area contributed by atoms with E-state index in [-0.39, 0.29) is 0 Å². The minimum atomic E-state index is -0.898. The number of benzene rings is 1. The summed E-state index contributed by atoms with van der Waals surface area (Å²) in [4.78, 5) is 24.3. The van der Waals surface area contributed by atoms with Crippen LogP contribution in [-0.4, -0.2) is 70.6 Å². The Hall–Kier alpha value is -2.79. The molecule has 2 heterocycles. The number of hydrogen-bond donors (Lipinski definition) is 1. The zero-order valence-electron chi connectivity index (χ0n) is 16.4. The predicted molar refractivity (Wildman–Crippen MR) is 108 cm³/mol. The second-order valence-corrected chi connectivity index (χ2v) is 7.77. The Morgan fingerprint density at radius 1 is 1.17 bits per heavy atom. The van der Waals surface area contributed by atoms with Gasteiger partial charge in [0.15, 0.2) is 6.67 Å². The van der Waals surface area contributed by atoms with Gasteiger partial charge >= 0.3 is 0 Å². The molecular weight excluding hydrogens is 371 g/mol. The standard InChI is InChI=1S/C21H25FN6O/c22-12-20(29)28-9-7-27(8-10-28)17-4-2-16(3-5-17)26-21-18-11-15(13-23)1-6-19(18)24-14-25-21/h1,6,11,14,16-17H,2-5,7-10,12H2,(H,24,25,26). The van der Waals surface area contributed by atoms with Crippen LogP contribution in [0, 0.1) is 11.3 Å². The van der Waals surface area contributed by atoms with E-state index in [4.69, 9.17) is 5.26 Å². The van der Waals surface area contributed by atoms with Crippen LogP contribution in [0.2, 0.25) is 0 Å². The predicted octanol–water partition coefficient (Wildman–Crippen LogP) is 2.34. The summed E-state index contributed by atoms with van der Waals surface area (Å²) in [6.07, 6.45) is 5.80. The van der Waals surface area contributed by atoms with Gasteiger partial charge in [0.05, 0.1) is 17.1 Å². The Balaban J connectivity index is 1.34. The third-order valence-corrected chi connectivity index (χ3v) is 6.10. The summed E-state index contributed by atoms with van der Waals surface area (Å²) >= 11 is 0. The van der Waals surface area contributed by atoms with Crippen molar-refractivity contribution in [1.82, 2.24) is 19.8 Å². The van der Waals surface area contributed by atoms with Crippen molar-refractivity contribution < 1.29 is 9.18 Å². The van der Waals surface area contributed by atoms with Gasteiger partial charge in [0.2, 0.25) is 0 Å². The largest absolute Gasteiger partial charge is 0.367 e. The monoisotopic (exact) mass is 396 g/mol. The Bertz CT molecular complexity index is 913. The number of rotatable bonds is 4. The number of nitrogens with one attached hydrogen (secondary N) is 1. The maximum atomic E-state index is 12.5. The van der Waals surface area contributed by atoms with Gasteiger partial charge < -0.3 is 10.2 Å². The van der Waals surface area contributed by atoms with Crippen molar-refractivity contribution in [2.24, 2.45) is 0 Å². The highest BCUT2D eigenvalue weighted by Crippen LogP contribution is 2.28. The highest BCUT2D eigenvalue weighted by atomic mass is 19.1. The molecule has 0 unspecified atom stereocenters. The fourth-order valence-electron chi connectivity index (χ4n) is 4.44. The maximum Gasteiger partial charge on any atom is 0.254 e. The van der Waals surface area contributed by atoms with Crippen LogP contribution < -0.4 is 5.32 Å². The summed E-state index contributed by atoms with van der Waals surface area (Å²) in [5.74, 6) is 0.392. The van der Waals surface area contributed by atoms with Gasteiger partial charge in [-0.1, -0.05) is 0 Å². The zero-order valence-corrected chi connectivity index (χ0v) is 16.4. The van der Waals surface area contributed by atoms with Crippen molar-refractivity contribution in [1.29, 1.82) is 5.26 Å². The van der Waals surface area contributed by atoms with E-state index in [1.54, 1.807) is 17.3 Å². The number of nitriles is 1. The molecule has 1 saturated carbocycles. The molecule has 4 rings (SSSR count). The van der Waals surface area contributed by atoms with Gasteiger partial charge in [-0.05, 0) is 43.9 Å². The summed E-state index contributed by atoms with van der Waals surface area (Å²) in [6, 6.07) is 8.48. The van der Waals surface area contributed by atoms with Gasteiger partial charge in [-0.25, -0.2) is 14.4 Å². The van der Waals surface area contributed by atoms with Crippen LogP contribution in [0.4, 0.5) is 10.2 Å². The molecule has 8 heteroatoms. The smallest absolute Gasteiger partial charge is 0.254 e. The molecule has 0 atom stereocenters. The highest BCUT2D eigenvalue weighted by molar-refractivity contribution is 5.89. The number of hydrogen-bond acceptors (Lipinski definition) is 6. The summed E-state index contributed by atoms with van der Waals surface area (Å²) in [7, 11) is 0. The minimum absolute atomic E-state index is 0.337. The molecule has 1 aromatic heterocycles. The lowest BCUT2D eigenvalue weighted by molar-refractivity contribution is -0.134. The fraction of sp³-hybridized carbons (Fsp3) is 0.524. The number of anilines is 1. The third-order valence-electron chi connectivity index (χ3n) is 6.10. The van der Waals surface area contributed by atoms with Crippen LogP contribution in [0.25, 0.3) is 10.9 Å². The molecule has 29 heavy (non-hydrogen) atoms. The first-order valence-corrected chi connectivity index (χ1v) is 10.2. The Kier molecular flexibility index (Phi) is 5.86. The molecular formula is C21H25FN6O. The number of nitrogens with zero attached hydrogens (tertiary/aromatic N) is 5. The van der Waals surface area contributed by atoms with E-state index in [0.29, 0.717) is 30.7 Å². The van der Waals surface area contributed by atoms with E-state index >= 15 is 0 Å². The minimum Gasteiger partial charge on any atom is -0.367 e. The Labute approximate surface area is 169 Å². The molecule has 0 radical (unpaired) electrons. The van der Waals surface area contributed by atoms with Crippen LogP contribution in [0.1, 0.15) is 31.2 Å². The number of aromatic nitrogens is 2. The average Bonchev–Trinajstić information content (AvgIpc) is 2.79. The number of carbonyl (C=O) groups excluding carboxylic acids is 1. The number of carbonyl (C=O) groups is 1. The quantitative estimate of drug-likeness (QED) is 0.854. The zero-order chi connectivity index (χ0) is 20.2. The van der Waals surface area contributed by atoms with E-state index in [0.717, 1.165) is 55.5 Å². The van der Waals surface area contributed by atoms with Crippen LogP contribution in [0.3, 0.4) is 0 Å². The molecule has 2 aliphatic rings. The number of halogens is 1. The van der Waals surface area contributed by atoms with E-state index in [1.165, 1.54) is 0 Å². The lowest BCUT2D eigenvalue weighted by Gasteiger charge is -2.42. The normalized spacial score (nSPS) is 23.0. The SMILES string of the molecule is N#Cc1ccc2ncnc(NC3CCC(N4CCN(C(=O)CF)CC4)CC3)c2c1. The number of alkyl halides is 1. The third kappa shape index (κ3) is 4.30. The summed E-state index contributed by atoms with van der Waals surface area (Å²) < 4.78 is 12.5.